The lowest BCUT2D eigenvalue weighted by Gasteiger charge is -2.07. The van der Waals surface area contributed by atoms with Crippen LogP contribution in [0.1, 0.15) is 10.4 Å². The third kappa shape index (κ3) is 3.43. The number of carbonyl (C=O) groups is 1. The Bertz CT molecular complexity index is 651. The van der Waals surface area contributed by atoms with Crippen molar-refractivity contribution < 1.29 is 4.79 Å². The molecule has 1 aromatic carbocycles. The molecule has 1 aromatic heterocycles. The smallest absolute Gasteiger partial charge is 0.256 e. The summed E-state index contributed by atoms with van der Waals surface area (Å²) in [6.45, 7) is 0. The van der Waals surface area contributed by atoms with Crippen LogP contribution in [-0.2, 0) is 0 Å². The fraction of sp³-hybridized carbons (Fsp3) is 0. The van der Waals surface area contributed by atoms with Gasteiger partial charge in [0.05, 0.1) is 16.9 Å². The molecule has 1 amide bonds. The van der Waals surface area contributed by atoms with E-state index < -0.39 is 0 Å². The molecule has 8 heteroatoms. The van der Waals surface area contributed by atoms with Crippen molar-refractivity contribution >= 4 is 60.9 Å². The molecule has 0 aliphatic heterocycles. The Morgan fingerprint density at radius 3 is 2.74 bits per heavy atom. The third-order valence-corrected chi connectivity index (χ3v) is 3.46. The summed E-state index contributed by atoms with van der Waals surface area (Å²) < 4.78 is 0.990. The number of hydrogen-bond acceptors (Lipinski definition) is 4. The summed E-state index contributed by atoms with van der Waals surface area (Å²) in [5, 5.41) is 2.95. The minimum atomic E-state index is -0.348. The van der Waals surface area contributed by atoms with Gasteiger partial charge in [-0.2, -0.15) is 0 Å². The molecule has 98 valence electrons. The number of rotatable bonds is 2. The van der Waals surface area contributed by atoms with Crippen molar-refractivity contribution in [1.29, 1.82) is 0 Å². The number of anilines is 2. The minimum absolute atomic E-state index is 0.321. The highest BCUT2D eigenvalue weighted by molar-refractivity contribution is 9.11. The van der Waals surface area contributed by atoms with E-state index in [-0.39, 0.29) is 5.91 Å². The average Bonchev–Trinajstić information content (AvgIpc) is 2.36. The number of halogens is 3. The van der Waals surface area contributed by atoms with E-state index in [1.165, 1.54) is 12.3 Å². The van der Waals surface area contributed by atoms with E-state index in [9.17, 15) is 4.79 Å². The molecule has 0 radical (unpaired) electrons. The van der Waals surface area contributed by atoms with Gasteiger partial charge < -0.3 is 11.1 Å². The second-order valence-electron chi connectivity index (χ2n) is 3.52. The van der Waals surface area contributed by atoms with Crippen LogP contribution in [0.15, 0.2) is 33.6 Å². The number of nitrogens with one attached hydrogen (secondary N) is 1. The first kappa shape index (κ1) is 14.2. The van der Waals surface area contributed by atoms with Crippen molar-refractivity contribution in [1.82, 2.24) is 9.97 Å². The fourth-order valence-electron chi connectivity index (χ4n) is 1.28. The molecule has 0 unspecified atom stereocenters. The van der Waals surface area contributed by atoms with Gasteiger partial charge in [-0.1, -0.05) is 11.6 Å². The Hall–Kier alpha value is -1.18. The predicted octanol–water partition coefficient (Wildman–Crippen LogP) is 3.49. The number of benzene rings is 1. The first-order valence-electron chi connectivity index (χ1n) is 5.02. The van der Waals surface area contributed by atoms with E-state index >= 15 is 0 Å². The maximum atomic E-state index is 12.0. The molecular weight excluding hydrogens is 399 g/mol. The SMILES string of the molecule is Nc1ccc(C(=O)Nc2ncc(Br)nc2Br)cc1Cl. The van der Waals surface area contributed by atoms with Gasteiger partial charge in [-0.05, 0) is 50.1 Å². The largest absolute Gasteiger partial charge is 0.398 e. The molecule has 5 nitrogen and oxygen atoms in total. The maximum absolute atomic E-state index is 12.0. The molecule has 0 aliphatic rings. The maximum Gasteiger partial charge on any atom is 0.256 e. The molecule has 0 saturated carbocycles. The van der Waals surface area contributed by atoms with Gasteiger partial charge in [-0.25, -0.2) is 9.97 Å². The number of aromatic nitrogens is 2. The van der Waals surface area contributed by atoms with Crippen LogP contribution >= 0.6 is 43.5 Å². The van der Waals surface area contributed by atoms with Crippen molar-refractivity contribution in [2.45, 2.75) is 0 Å². The van der Waals surface area contributed by atoms with Gasteiger partial charge in [0.25, 0.3) is 5.91 Å². The van der Waals surface area contributed by atoms with Crippen LogP contribution in [0, 0.1) is 0 Å². The topological polar surface area (TPSA) is 80.9 Å². The quantitative estimate of drug-likeness (QED) is 0.748. The summed E-state index contributed by atoms with van der Waals surface area (Å²) in [6.07, 6.45) is 1.48. The zero-order valence-corrected chi connectivity index (χ0v) is 13.3. The second-order valence-corrected chi connectivity index (χ2v) is 5.49. The van der Waals surface area contributed by atoms with Gasteiger partial charge >= 0.3 is 0 Å². The molecule has 1 heterocycles. The molecule has 19 heavy (non-hydrogen) atoms. The van der Waals surface area contributed by atoms with E-state index in [1.807, 2.05) is 0 Å². The Balaban J connectivity index is 2.23. The highest BCUT2D eigenvalue weighted by Crippen LogP contribution is 2.22. The zero-order valence-electron chi connectivity index (χ0n) is 9.32. The van der Waals surface area contributed by atoms with Crippen LogP contribution < -0.4 is 11.1 Å². The molecule has 0 saturated heterocycles. The summed E-state index contributed by atoms with van der Waals surface area (Å²) in [4.78, 5) is 20.1. The van der Waals surface area contributed by atoms with Gasteiger partial charge in [0.2, 0.25) is 0 Å². The van der Waals surface area contributed by atoms with Gasteiger partial charge in [0.15, 0.2) is 5.82 Å². The van der Waals surface area contributed by atoms with Gasteiger partial charge in [0.1, 0.15) is 9.21 Å². The minimum Gasteiger partial charge on any atom is -0.398 e. The highest BCUT2D eigenvalue weighted by atomic mass is 79.9. The Morgan fingerprint density at radius 2 is 2.11 bits per heavy atom. The van der Waals surface area contributed by atoms with Crippen molar-refractivity contribution in [3.8, 4) is 0 Å². The van der Waals surface area contributed by atoms with Gasteiger partial charge in [-0.3, -0.25) is 4.79 Å². The van der Waals surface area contributed by atoms with E-state index in [0.29, 0.717) is 31.3 Å². The third-order valence-electron chi connectivity index (χ3n) is 2.20. The monoisotopic (exact) mass is 404 g/mol. The van der Waals surface area contributed by atoms with Crippen molar-refractivity contribution in [3.63, 3.8) is 0 Å². The number of nitrogen functional groups attached to an aromatic ring is 1. The van der Waals surface area contributed by atoms with Crippen LogP contribution in [0.2, 0.25) is 5.02 Å². The van der Waals surface area contributed by atoms with Crippen molar-refractivity contribution in [2.75, 3.05) is 11.1 Å². The predicted molar refractivity (Wildman–Crippen MR) is 81.2 cm³/mol. The fourth-order valence-corrected chi connectivity index (χ4v) is 2.37. The molecule has 0 spiro atoms. The summed E-state index contributed by atoms with van der Waals surface area (Å²) >= 11 is 12.3. The van der Waals surface area contributed by atoms with E-state index in [2.05, 4.69) is 47.1 Å². The van der Waals surface area contributed by atoms with Crippen LogP contribution in [0.3, 0.4) is 0 Å². The van der Waals surface area contributed by atoms with Crippen molar-refractivity contribution in [3.05, 3.63) is 44.2 Å². The molecule has 2 aromatic rings. The lowest BCUT2D eigenvalue weighted by Crippen LogP contribution is -2.14. The van der Waals surface area contributed by atoms with Crippen molar-refractivity contribution in [2.24, 2.45) is 0 Å². The Morgan fingerprint density at radius 1 is 1.37 bits per heavy atom. The molecular formula is C11H7Br2ClN4O. The van der Waals surface area contributed by atoms with Gasteiger partial charge in [0, 0.05) is 5.56 Å². The number of amides is 1. The van der Waals surface area contributed by atoms with Crippen LogP contribution in [0.4, 0.5) is 11.5 Å². The molecule has 0 atom stereocenters. The summed E-state index contributed by atoms with van der Waals surface area (Å²) in [5.74, 6) is -0.0274. The Kier molecular flexibility index (Phi) is 4.38. The van der Waals surface area contributed by atoms with E-state index in [4.69, 9.17) is 17.3 Å². The average molecular weight is 406 g/mol. The summed E-state index contributed by atoms with van der Waals surface area (Å²) in [5.41, 5.74) is 6.39. The first-order chi connectivity index (χ1) is 8.97. The number of carbonyl (C=O) groups excluding carboxylic acids is 1. The second kappa shape index (κ2) is 5.85. The van der Waals surface area contributed by atoms with Crippen LogP contribution in [0.25, 0.3) is 0 Å². The lowest BCUT2D eigenvalue weighted by molar-refractivity contribution is 0.102. The van der Waals surface area contributed by atoms with E-state index in [0.717, 1.165) is 0 Å². The summed E-state index contributed by atoms with van der Waals surface area (Å²) in [6, 6.07) is 4.64. The normalized spacial score (nSPS) is 10.3. The standard InChI is InChI=1S/C11H7Br2ClN4O/c12-8-4-16-10(9(13)17-8)18-11(19)5-1-2-7(15)6(14)3-5/h1-4H,15H2,(H,16,18,19). The van der Waals surface area contributed by atoms with Gasteiger partial charge in [-0.15, -0.1) is 0 Å². The molecule has 0 fully saturated rings. The number of nitrogens with two attached hydrogens (primary N) is 1. The van der Waals surface area contributed by atoms with Crippen LogP contribution in [0.5, 0.6) is 0 Å². The molecule has 0 aliphatic carbocycles. The number of hydrogen-bond donors (Lipinski definition) is 2. The van der Waals surface area contributed by atoms with Crippen LogP contribution in [-0.4, -0.2) is 15.9 Å². The first-order valence-corrected chi connectivity index (χ1v) is 6.98. The zero-order chi connectivity index (χ0) is 14.0. The molecule has 3 N–H and O–H groups in total. The van der Waals surface area contributed by atoms with E-state index in [1.54, 1.807) is 12.1 Å². The lowest BCUT2D eigenvalue weighted by atomic mass is 10.2. The summed E-state index contributed by atoms with van der Waals surface area (Å²) in [7, 11) is 0. The molecule has 2 rings (SSSR count). The highest BCUT2D eigenvalue weighted by Gasteiger charge is 2.11. The Labute approximate surface area is 130 Å². The molecule has 0 bridgehead atoms. The number of nitrogens with zero attached hydrogens (tertiary/aromatic N) is 2.